The van der Waals surface area contributed by atoms with Crippen LogP contribution in [0, 0.1) is 11.8 Å². The monoisotopic (exact) mass is 143 g/mol. The molecule has 60 valence electrons. The molecule has 10 heavy (non-hydrogen) atoms. The molecule has 0 fully saturated rings. The first-order chi connectivity index (χ1) is 4.46. The van der Waals surface area contributed by atoms with E-state index in [1.807, 2.05) is 27.7 Å². The topological polar surface area (TPSA) is 43.1 Å². The minimum absolute atomic E-state index is 0.0670. The number of carbonyl (C=O) groups excluding carboxylic acids is 1. The van der Waals surface area contributed by atoms with E-state index in [-0.39, 0.29) is 23.7 Å². The number of hydrogen-bond acceptors (Lipinski definition) is 2. The van der Waals surface area contributed by atoms with Crippen LogP contribution in [0.3, 0.4) is 0 Å². The van der Waals surface area contributed by atoms with Crippen LogP contribution in [-0.2, 0) is 4.79 Å². The van der Waals surface area contributed by atoms with Crippen LogP contribution in [0.5, 0.6) is 0 Å². The van der Waals surface area contributed by atoms with Crippen molar-refractivity contribution in [1.29, 1.82) is 0 Å². The summed E-state index contributed by atoms with van der Waals surface area (Å²) in [6.45, 7) is 7.69. The molecule has 0 amide bonds. The molecule has 0 aromatic rings. The summed E-state index contributed by atoms with van der Waals surface area (Å²) in [7, 11) is 0. The number of rotatable bonds is 3. The van der Waals surface area contributed by atoms with E-state index >= 15 is 0 Å². The number of hydrogen-bond donors (Lipinski definition) is 1. The van der Waals surface area contributed by atoms with Crippen LogP contribution in [0.1, 0.15) is 27.7 Å². The van der Waals surface area contributed by atoms with Crippen LogP contribution in [0.15, 0.2) is 0 Å². The maximum Gasteiger partial charge on any atom is 0.152 e. The van der Waals surface area contributed by atoms with Gasteiger partial charge in [0, 0.05) is 5.92 Å². The van der Waals surface area contributed by atoms with Crippen molar-refractivity contribution in [3.05, 3.63) is 0 Å². The fourth-order valence-electron chi connectivity index (χ4n) is 0.713. The van der Waals surface area contributed by atoms with Crippen molar-refractivity contribution < 1.29 is 4.79 Å². The lowest BCUT2D eigenvalue weighted by atomic mass is 9.94. The Kier molecular flexibility index (Phi) is 3.58. The first-order valence-corrected chi connectivity index (χ1v) is 3.76. The van der Waals surface area contributed by atoms with Gasteiger partial charge in [-0.3, -0.25) is 4.79 Å². The minimum atomic E-state index is -0.278. The van der Waals surface area contributed by atoms with Crippen LogP contribution in [0.4, 0.5) is 0 Å². The fraction of sp³-hybridized carbons (Fsp3) is 0.875. The first kappa shape index (κ1) is 9.63. The Labute approximate surface area is 62.8 Å². The zero-order valence-electron chi connectivity index (χ0n) is 7.22. The summed E-state index contributed by atoms with van der Waals surface area (Å²) in [5.41, 5.74) is 5.61. The van der Waals surface area contributed by atoms with Crippen molar-refractivity contribution in [2.45, 2.75) is 33.7 Å². The molecule has 1 atom stereocenters. The molecule has 0 aliphatic rings. The van der Waals surface area contributed by atoms with E-state index in [0.29, 0.717) is 0 Å². The maximum atomic E-state index is 11.2. The molecule has 0 heterocycles. The van der Waals surface area contributed by atoms with E-state index in [1.165, 1.54) is 0 Å². The maximum absolute atomic E-state index is 11.2. The molecule has 0 spiro atoms. The van der Waals surface area contributed by atoms with Crippen LogP contribution in [0.25, 0.3) is 0 Å². The van der Waals surface area contributed by atoms with Gasteiger partial charge in [0.25, 0.3) is 0 Å². The van der Waals surface area contributed by atoms with Gasteiger partial charge in [-0.1, -0.05) is 27.7 Å². The molecule has 0 rings (SSSR count). The summed E-state index contributed by atoms with van der Waals surface area (Å²) in [5.74, 6) is 0.488. The molecular weight excluding hydrogens is 126 g/mol. The summed E-state index contributed by atoms with van der Waals surface area (Å²) in [6.07, 6.45) is 0. The molecule has 2 N–H and O–H groups in total. The van der Waals surface area contributed by atoms with Crippen molar-refractivity contribution >= 4 is 5.78 Å². The van der Waals surface area contributed by atoms with Gasteiger partial charge >= 0.3 is 0 Å². The van der Waals surface area contributed by atoms with Gasteiger partial charge in [0.05, 0.1) is 6.04 Å². The molecule has 0 unspecified atom stereocenters. The molecule has 0 bridgehead atoms. The second-order valence-electron chi connectivity index (χ2n) is 3.33. The van der Waals surface area contributed by atoms with Crippen molar-refractivity contribution in [1.82, 2.24) is 0 Å². The predicted molar refractivity (Wildman–Crippen MR) is 42.7 cm³/mol. The van der Waals surface area contributed by atoms with Crippen LogP contribution in [-0.4, -0.2) is 11.8 Å². The normalized spacial score (nSPS) is 14.3. The molecule has 0 aromatic heterocycles. The molecule has 0 aliphatic heterocycles. The van der Waals surface area contributed by atoms with Crippen molar-refractivity contribution in [2.75, 3.05) is 0 Å². The minimum Gasteiger partial charge on any atom is -0.321 e. The Balaban J connectivity index is 3.95. The highest BCUT2D eigenvalue weighted by Gasteiger charge is 2.19. The lowest BCUT2D eigenvalue weighted by molar-refractivity contribution is -0.124. The molecule has 0 radical (unpaired) electrons. The van der Waals surface area contributed by atoms with Gasteiger partial charge in [-0.2, -0.15) is 0 Å². The second-order valence-corrected chi connectivity index (χ2v) is 3.33. The van der Waals surface area contributed by atoms with Crippen LogP contribution >= 0.6 is 0 Å². The Morgan fingerprint density at radius 1 is 1.20 bits per heavy atom. The number of nitrogens with two attached hydrogens (primary N) is 1. The van der Waals surface area contributed by atoms with Crippen LogP contribution in [0.2, 0.25) is 0 Å². The molecule has 2 heteroatoms. The van der Waals surface area contributed by atoms with E-state index in [4.69, 9.17) is 5.73 Å². The van der Waals surface area contributed by atoms with Gasteiger partial charge in [0.2, 0.25) is 0 Å². The van der Waals surface area contributed by atoms with Crippen LogP contribution < -0.4 is 5.73 Å². The van der Waals surface area contributed by atoms with E-state index in [2.05, 4.69) is 0 Å². The molecular formula is C8H17NO. The number of carbonyl (C=O) groups is 1. The van der Waals surface area contributed by atoms with Crippen molar-refractivity contribution in [2.24, 2.45) is 17.6 Å². The highest BCUT2D eigenvalue weighted by molar-refractivity contribution is 5.85. The van der Waals surface area contributed by atoms with Gasteiger partial charge in [-0.25, -0.2) is 0 Å². The Morgan fingerprint density at radius 3 is 1.70 bits per heavy atom. The number of ketones is 1. The van der Waals surface area contributed by atoms with Gasteiger partial charge in [-0.05, 0) is 5.92 Å². The zero-order chi connectivity index (χ0) is 8.31. The fourth-order valence-corrected chi connectivity index (χ4v) is 0.713. The van der Waals surface area contributed by atoms with Gasteiger partial charge < -0.3 is 5.73 Å². The lowest BCUT2D eigenvalue weighted by Crippen LogP contribution is -2.38. The van der Waals surface area contributed by atoms with Crippen molar-refractivity contribution in [3.63, 3.8) is 0 Å². The van der Waals surface area contributed by atoms with Gasteiger partial charge in [-0.15, -0.1) is 0 Å². The standard InChI is InChI=1S/C8H17NO/c1-5(2)7(9)8(10)6(3)4/h5-7H,9H2,1-4H3/t7-/m1/s1. The third-order valence-corrected chi connectivity index (χ3v) is 1.62. The number of Topliss-reactive ketones (excluding diaryl/α,β-unsaturated/α-hetero) is 1. The first-order valence-electron chi connectivity index (χ1n) is 3.76. The summed E-state index contributed by atoms with van der Waals surface area (Å²) in [4.78, 5) is 11.2. The summed E-state index contributed by atoms with van der Waals surface area (Å²) in [6, 6.07) is -0.278. The van der Waals surface area contributed by atoms with E-state index in [0.717, 1.165) is 0 Å². The van der Waals surface area contributed by atoms with E-state index in [9.17, 15) is 4.79 Å². The summed E-state index contributed by atoms with van der Waals surface area (Å²) < 4.78 is 0. The lowest BCUT2D eigenvalue weighted by Gasteiger charge is -2.15. The Bertz CT molecular complexity index is 118. The molecule has 0 saturated heterocycles. The molecule has 0 aliphatic carbocycles. The quantitative estimate of drug-likeness (QED) is 0.645. The SMILES string of the molecule is CC(C)C(=O)[C@H](N)C(C)C. The average Bonchev–Trinajstić information content (AvgIpc) is 1.84. The third-order valence-electron chi connectivity index (χ3n) is 1.62. The van der Waals surface area contributed by atoms with Gasteiger partial charge in [0.15, 0.2) is 5.78 Å². The smallest absolute Gasteiger partial charge is 0.152 e. The third kappa shape index (κ3) is 2.48. The zero-order valence-corrected chi connectivity index (χ0v) is 7.22. The van der Waals surface area contributed by atoms with Crippen molar-refractivity contribution in [3.8, 4) is 0 Å². The summed E-state index contributed by atoms with van der Waals surface area (Å²) >= 11 is 0. The highest BCUT2D eigenvalue weighted by Crippen LogP contribution is 2.05. The predicted octanol–water partition coefficient (Wildman–Crippen LogP) is 1.19. The highest BCUT2D eigenvalue weighted by atomic mass is 16.1. The summed E-state index contributed by atoms with van der Waals surface area (Å²) in [5, 5.41) is 0. The van der Waals surface area contributed by atoms with E-state index in [1.54, 1.807) is 0 Å². The molecule has 2 nitrogen and oxygen atoms in total. The molecule has 0 saturated carbocycles. The largest absolute Gasteiger partial charge is 0.321 e. The average molecular weight is 143 g/mol. The Hall–Kier alpha value is -0.370. The second kappa shape index (κ2) is 3.71. The molecule has 0 aromatic carbocycles. The Morgan fingerprint density at radius 2 is 1.60 bits per heavy atom. The van der Waals surface area contributed by atoms with Gasteiger partial charge in [0.1, 0.15) is 0 Å². The van der Waals surface area contributed by atoms with E-state index < -0.39 is 0 Å².